The van der Waals surface area contributed by atoms with E-state index in [2.05, 4.69) is 5.32 Å². The quantitative estimate of drug-likeness (QED) is 0.609. The number of rotatable bonds is 5. The molecule has 0 aromatic heterocycles. The van der Waals surface area contributed by atoms with Gasteiger partial charge in [0.05, 0.1) is 13.0 Å². The molecular formula is C13H18N2O3. The van der Waals surface area contributed by atoms with Crippen molar-refractivity contribution in [2.45, 2.75) is 20.3 Å². The van der Waals surface area contributed by atoms with Crippen molar-refractivity contribution in [1.82, 2.24) is 5.32 Å². The molecule has 0 saturated heterocycles. The number of aryl methyl sites for hydroxylation is 1. The van der Waals surface area contributed by atoms with Gasteiger partial charge in [0.1, 0.15) is 0 Å². The third kappa shape index (κ3) is 4.08. The topological polar surface area (TPSA) is 81.4 Å². The van der Waals surface area contributed by atoms with Gasteiger partial charge in [-0.15, -0.1) is 0 Å². The minimum atomic E-state index is -0.318. The minimum Gasteiger partial charge on any atom is -0.466 e. The number of amides is 1. The van der Waals surface area contributed by atoms with E-state index in [4.69, 9.17) is 10.5 Å². The molecule has 0 saturated carbocycles. The molecule has 0 bridgehead atoms. The molecule has 3 N–H and O–H groups in total. The van der Waals surface area contributed by atoms with Crippen LogP contribution < -0.4 is 11.1 Å². The van der Waals surface area contributed by atoms with Crippen molar-refractivity contribution >= 4 is 17.6 Å². The van der Waals surface area contributed by atoms with Crippen molar-refractivity contribution in [3.63, 3.8) is 0 Å². The van der Waals surface area contributed by atoms with Crippen molar-refractivity contribution in [2.24, 2.45) is 0 Å². The van der Waals surface area contributed by atoms with Crippen LogP contribution in [0.3, 0.4) is 0 Å². The number of benzene rings is 1. The number of nitrogens with two attached hydrogens (primary N) is 1. The zero-order valence-electron chi connectivity index (χ0n) is 10.7. The number of nitrogens with one attached hydrogen (secondary N) is 1. The number of esters is 1. The molecule has 0 atom stereocenters. The van der Waals surface area contributed by atoms with Gasteiger partial charge in [0, 0.05) is 17.8 Å². The SMILES string of the molecule is CCOC(=O)CCNC(=O)c1cc(N)ccc1C. The van der Waals surface area contributed by atoms with E-state index in [0.29, 0.717) is 17.9 Å². The Morgan fingerprint density at radius 1 is 1.39 bits per heavy atom. The summed E-state index contributed by atoms with van der Waals surface area (Å²) in [6.07, 6.45) is 0.168. The third-order valence-electron chi connectivity index (χ3n) is 2.43. The van der Waals surface area contributed by atoms with Gasteiger partial charge < -0.3 is 15.8 Å². The first kappa shape index (κ1) is 14.0. The van der Waals surface area contributed by atoms with E-state index in [-0.39, 0.29) is 24.8 Å². The molecule has 5 heteroatoms. The van der Waals surface area contributed by atoms with Crippen molar-refractivity contribution in [1.29, 1.82) is 0 Å². The van der Waals surface area contributed by atoms with Crippen LogP contribution in [0.1, 0.15) is 29.3 Å². The number of ether oxygens (including phenoxy) is 1. The van der Waals surface area contributed by atoms with Crippen LogP contribution in [0.5, 0.6) is 0 Å². The zero-order valence-corrected chi connectivity index (χ0v) is 10.7. The number of hydrogen-bond acceptors (Lipinski definition) is 4. The molecule has 5 nitrogen and oxygen atoms in total. The molecule has 98 valence electrons. The van der Waals surface area contributed by atoms with Crippen LogP contribution in [0.15, 0.2) is 18.2 Å². The average molecular weight is 250 g/mol. The zero-order chi connectivity index (χ0) is 13.5. The van der Waals surface area contributed by atoms with Crippen LogP contribution in [0.4, 0.5) is 5.69 Å². The van der Waals surface area contributed by atoms with Gasteiger partial charge in [-0.05, 0) is 31.5 Å². The molecule has 18 heavy (non-hydrogen) atoms. The van der Waals surface area contributed by atoms with Gasteiger partial charge in [-0.1, -0.05) is 6.07 Å². The van der Waals surface area contributed by atoms with E-state index >= 15 is 0 Å². The standard InChI is InChI=1S/C13H18N2O3/c1-3-18-12(16)6-7-15-13(17)11-8-10(14)5-4-9(11)2/h4-5,8H,3,6-7,14H2,1-2H3,(H,15,17). The molecule has 0 radical (unpaired) electrons. The number of hydrogen-bond donors (Lipinski definition) is 2. The van der Waals surface area contributed by atoms with Gasteiger partial charge in [0.15, 0.2) is 0 Å². The summed E-state index contributed by atoms with van der Waals surface area (Å²) in [5.74, 6) is -0.550. The summed E-state index contributed by atoms with van der Waals surface area (Å²) < 4.78 is 4.76. The van der Waals surface area contributed by atoms with E-state index in [1.165, 1.54) is 0 Å². The Morgan fingerprint density at radius 3 is 2.78 bits per heavy atom. The van der Waals surface area contributed by atoms with Crippen molar-refractivity contribution in [3.8, 4) is 0 Å². The summed E-state index contributed by atoms with van der Waals surface area (Å²) in [7, 11) is 0. The fraction of sp³-hybridized carbons (Fsp3) is 0.385. The smallest absolute Gasteiger partial charge is 0.307 e. The molecule has 1 amide bonds. The lowest BCUT2D eigenvalue weighted by Crippen LogP contribution is -2.27. The Labute approximate surface area is 106 Å². The van der Waals surface area contributed by atoms with Crippen LogP contribution in [0, 0.1) is 6.92 Å². The second-order valence-corrected chi connectivity index (χ2v) is 3.89. The lowest BCUT2D eigenvalue weighted by Gasteiger charge is -2.08. The summed E-state index contributed by atoms with van der Waals surface area (Å²) in [6.45, 7) is 4.18. The van der Waals surface area contributed by atoms with Gasteiger partial charge >= 0.3 is 5.97 Å². The Hall–Kier alpha value is -2.04. The van der Waals surface area contributed by atoms with E-state index in [1.54, 1.807) is 25.1 Å². The van der Waals surface area contributed by atoms with E-state index < -0.39 is 0 Å². The summed E-state index contributed by atoms with van der Waals surface area (Å²) >= 11 is 0. The number of anilines is 1. The fourth-order valence-electron chi connectivity index (χ4n) is 1.49. The molecule has 0 spiro atoms. The molecule has 1 rings (SSSR count). The predicted molar refractivity (Wildman–Crippen MR) is 69.2 cm³/mol. The van der Waals surface area contributed by atoms with Crippen LogP contribution in [-0.2, 0) is 9.53 Å². The maximum absolute atomic E-state index is 11.8. The molecule has 0 heterocycles. The van der Waals surface area contributed by atoms with Crippen molar-refractivity contribution in [3.05, 3.63) is 29.3 Å². The van der Waals surface area contributed by atoms with Crippen LogP contribution in [0.2, 0.25) is 0 Å². The molecule has 0 aliphatic carbocycles. The summed E-state index contributed by atoms with van der Waals surface area (Å²) in [5, 5.41) is 2.66. The van der Waals surface area contributed by atoms with Gasteiger partial charge in [-0.3, -0.25) is 9.59 Å². The van der Waals surface area contributed by atoms with Crippen molar-refractivity contribution < 1.29 is 14.3 Å². The lowest BCUT2D eigenvalue weighted by atomic mass is 10.1. The molecule has 0 fully saturated rings. The Balaban J connectivity index is 2.50. The minimum absolute atomic E-state index is 0.168. The maximum atomic E-state index is 11.8. The first-order chi connectivity index (χ1) is 8.54. The lowest BCUT2D eigenvalue weighted by molar-refractivity contribution is -0.142. The Bertz CT molecular complexity index is 444. The number of carbonyl (C=O) groups excluding carboxylic acids is 2. The number of nitrogen functional groups attached to an aromatic ring is 1. The highest BCUT2D eigenvalue weighted by atomic mass is 16.5. The summed E-state index contributed by atoms with van der Waals surface area (Å²) in [5.41, 5.74) is 7.54. The van der Waals surface area contributed by atoms with E-state index in [1.807, 2.05) is 6.92 Å². The predicted octanol–water partition coefficient (Wildman–Crippen LogP) is 1.26. The molecular weight excluding hydrogens is 232 g/mol. The van der Waals surface area contributed by atoms with E-state index in [9.17, 15) is 9.59 Å². The van der Waals surface area contributed by atoms with Crippen LogP contribution >= 0.6 is 0 Å². The van der Waals surface area contributed by atoms with E-state index in [0.717, 1.165) is 5.56 Å². The highest BCUT2D eigenvalue weighted by Crippen LogP contribution is 2.12. The normalized spacial score (nSPS) is 9.89. The molecule has 0 aliphatic rings. The highest BCUT2D eigenvalue weighted by molar-refractivity contribution is 5.96. The van der Waals surface area contributed by atoms with Crippen LogP contribution in [-0.4, -0.2) is 25.0 Å². The molecule has 1 aromatic carbocycles. The fourth-order valence-corrected chi connectivity index (χ4v) is 1.49. The van der Waals surface area contributed by atoms with Crippen LogP contribution in [0.25, 0.3) is 0 Å². The molecule has 1 aromatic rings. The van der Waals surface area contributed by atoms with Gasteiger partial charge in [0.25, 0.3) is 5.91 Å². The Kier molecular flexibility index (Phi) is 5.17. The Morgan fingerprint density at radius 2 is 2.11 bits per heavy atom. The number of carbonyl (C=O) groups is 2. The van der Waals surface area contributed by atoms with Crippen molar-refractivity contribution in [2.75, 3.05) is 18.9 Å². The first-order valence-corrected chi connectivity index (χ1v) is 5.84. The molecule has 0 unspecified atom stereocenters. The summed E-state index contributed by atoms with van der Waals surface area (Å²) in [6, 6.07) is 5.15. The highest BCUT2D eigenvalue weighted by Gasteiger charge is 2.09. The van der Waals surface area contributed by atoms with Gasteiger partial charge in [-0.25, -0.2) is 0 Å². The second-order valence-electron chi connectivity index (χ2n) is 3.89. The van der Waals surface area contributed by atoms with Gasteiger partial charge in [-0.2, -0.15) is 0 Å². The summed E-state index contributed by atoms with van der Waals surface area (Å²) in [4.78, 5) is 22.9. The maximum Gasteiger partial charge on any atom is 0.307 e. The third-order valence-corrected chi connectivity index (χ3v) is 2.43. The second kappa shape index (κ2) is 6.64. The monoisotopic (exact) mass is 250 g/mol. The largest absolute Gasteiger partial charge is 0.466 e. The molecule has 0 aliphatic heterocycles. The average Bonchev–Trinajstić information content (AvgIpc) is 2.32. The van der Waals surface area contributed by atoms with Gasteiger partial charge in [0.2, 0.25) is 0 Å². The first-order valence-electron chi connectivity index (χ1n) is 5.84.